The second-order valence-electron chi connectivity index (χ2n) is 11.1. The molecule has 0 bridgehead atoms. The summed E-state index contributed by atoms with van der Waals surface area (Å²) in [7, 11) is 0. The molecule has 1 spiro atoms. The molecule has 4 saturated carbocycles. The number of hydrogen-bond acceptors (Lipinski definition) is 4. The number of epoxide rings is 1. The monoisotopic (exact) mass is 391 g/mol. The Kier molecular flexibility index (Phi) is 4.43. The third kappa shape index (κ3) is 2.58. The lowest BCUT2D eigenvalue weighted by Gasteiger charge is -2.59. The maximum absolute atomic E-state index is 11.3. The van der Waals surface area contributed by atoms with Gasteiger partial charge in [0.1, 0.15) is 5.60 Å². The lowest BCUT2D eigenvalue weighted by atomic mass is 9.46. The number of rotatable bonds is 4. The van der Waals surface area contributed by atoms with E-state index in [4.69, 9.17) is 15.6 Å². The van der Waals surface area contributed by atoms with E-state index in [-0.39, 0.29) is 18.1 Å². The van der Waals surface area contributed by atoms with Crippen LogP contribution in [0, 0.1) is 40.9 Å². The Morgan fingerprint density at radius 1 is 1.21 bits per heavy atom. The molecular formula is C23H37NO4. The van der Waals surface area contributed by atoms with Crippen LogP contribution in [0.15, 0.2) is 0 Å². The van der Waals surface area contributed by atoms with E-state index in [2.05, 4.69) is 13.8 Å². The van der Waals surface area contributed by atoms with Crippen LogP contribution in [0.4, 0.5) is 0 Å². The quantitative estimate of drug-likeness (QED) is 0.640. The van der Waals surface area contributed by atoms with E-state index in [0.717, 1.165) is 44.9 Å². The minimum atomic E-state index is -0.701. The van der Waals surface area contributed by atoms with Crippen LogP contribution in [0.2, 0.25) is 0 Å². The Bertz CT molecular complexity index is 655. The zero-order valence-corrected chi connectivity index (χ0v) is 17.3. The molecule has 11 unspecified atom stereocenters. The van der Waals surface area contributed by atoms with Gasteiger partial charge >= 0.3 is 5.97 Å². The van der Waals surface area contributed by atoms with Gasteiger partial charge in [0.05, 0.1) is 12.2 Å². The molecule has 4 N–H and O–H groups in total. The van der Waals surface area contributed by atoms with Crippen molar-refractivity contribution in [2.24, 2.45) is 46.7 Å². The lowest BCUT2D eigenvalue weighted by Crippen LogP contribution is -2.59. The fourth-order valence-corrected chi connectivity index (χ4v) is 8.63. The van der Waals surface area contributed by atoms with Crippen LogP contribution in [0.3, 0.4) is 0 Å². The van der Waals surface area contributed by atoms with Gasteiger partial charge in [-0.25, -0.2) is 0 Å². The Labute approximate surface area is 168 Å². The van der Waals surface area contributed by atoms with Crippen LogP contribution in [-0.4, -0.2) is 40.0 Å². The van der Waals surface area contributed by atoms with E-state index >= 15 is 0 Å². The zero-order valence-electron chi connectivity index (χ0n) is 17.3. The molecular weight excluding hydrogens is 354 g/mol. The second-order valence-corrected chi connectivity index (χ2v) is 11.1. The third-order valence-corrected chi connectivity index (χ3v) is 10.0. The number of carboxylic acids is 1. The Hall–Kier alpha value is -0.650. The molecule has 0 aromatic rings. The smallest absolute Gasteiger partial charge is 0.303 e. The summed E-state index contributed by atoms with van der Waals surface area (Å²) in [5, 5.41) is 20.3. The summed E-state index contributed by atoms with van der Waals surface area (Å²) >= 11 is 0. The number of nitrogens with two attached hydrogens (primary N) is 1. The van der Waals surface area contributed by atoms with Gasteiger partial charge in [-0.15, -0.1) is 0 Å². The van der Waals surface area contributed by atoms with Crippen molar-refractivity contribution in [3.63, 3.8) is 0 Å². The molecule has 0 amide bonds. The van der Waals surface area contributed by atoms with Crippen molar-refractivity contribution in [3.8, 4) is 0 Å². The molecule has 5 aliphatic rings. The average Bonchev–Trinajstić information content (AvgIpc) is 3.24. The maximum atomic E-state index is 11.3. The van der Waals surface area contributed by atoms with Crippen LogP contribution in [0.5, 0.6) is 0 Å². The van der Waals surface area contributed by atoms with Gasteiger partial charge in [0.25, 0.3) is 0 Å². The number of aliphatic hydroxyl groups is 1. The van der Waals surface area contributed by atoms with Crippen molar-refractivity contribution in [2.45, 2.75) is 95.5 Å². The van der Waals surface area contributed by atoms with E-state index in [1.807, 2.05) is 0 Å². The normalized spacial score (nSPS) is 55.4. The van der Waals surface area contributed by atoms with Crippen molar-refractivity contribution >= 4 is 5.97 Å². The fraction of sp³-hybridized carbons (Fsp3) is 0.957. The topological polar surface area (TPSA) is 96.1 Å². The molecule has 5 nitrogen and oxygen atoms in total. The molecule has 5 rings (SSSR count). The largest absolute Gasteiger partial charge is 0.481 e. The predicted octanol–water partition coefficient (Wildman–Crippen LogP) is 3.19. The van der Waals surface area contributed by atoms with Crippen LogP contribution in [0.1, 0.15) is 71.6 Å². The fourth-order valence-electron chi connectivity index (χ4n) is 8.63. The van der Waals surface area contributed by atoms with Crippen molar-refractivity contribution < 1.29 is 19.7 Å². The molecule has 0 aromatic carbocycles. The summed E-state index contributed by atoms with van der Waals surface area (Å²) in [5.41, 5.74) is 6.52. The van der Waals surface area contributed by atoms with Crippen LogP contribution in [0.25, 0.3) is 0 Å². The highest BCUT2D eigenvalue weighted by molar-refractivity contribution is 5.66. The van der Waals surface area contributed by atoms with Gasteiger partial charge in [0.15, 0.2) is 0 Å². The standard InChI is InChI=1S/C23H37NO4/c1-12(3-6-20(26)27)15-4-5-16-21-17(11-19-23(15,16)28-19)22(2)8-7-14(24)9-13(22)10-18(21)25/h12-19,21,25H,3-11,24H2,1-2H3,(H,26,27). The number of ether oxygens (including phenoxy) is 1. The van der Waals surface area contributed by atoms with Gasteiger partial charge in [-0.2, -0.15) is 0 Å². The predicted molar refractivity (Wildman–Crippen MR) is 105 cm³/mol. The molecule has 5 heteroatoms. The highest BCUT2D eigenvalue weighted by atomic mass is 16.6. The highest BCUT2D eigenvalue weighted by Gasteiger charge is 2.76. The first-order valence-corrected chi connectivity index (χ1v) is 11.6. The molecule has 0 aromatic heterocycles. The Balaban J connectivity index is 1.39. The van der Waals surface area contributed by atoms with Gasteiger partial charge in [0, 0.05) is 12.5 Å². The van der Waals surface area contributed by atoms with Gasteiger partial charge in [-0.1, -0.05) is 13.8 Å². The van der Waals surface area contributed by atoms with Crippen LogP contribution >= 0.6 is 0 Å². The van der Waals surface area contributed by atoms with Gasteiger partial charge < -0.3 is 20.7 Å². The minimum absolute atomic E-state index is 0.0612. The number of carbonyl (C=O) groups is 1. The second kappa shape index (κ2) is 6.42. The molecule has 1 aliphatic heterocycles. The molecule has 0 radical (unpaired) electrons. The van der Waals surface area contributed by atoms with Gasteiger partial charge in [-0.3, -0.25) is 4.79 Å². The van der Waals surface area contributed by atoms with E-state index in [1.165, 1.54) is 6.42 Å². The third-order valence-electron chi connectivity index (χ3n) is 10.0. The molecule has 158 valence electrons. The first-order valence-electron chi connectivity index (χ1n) is 11.6. The summed E-state index contributed by atoms with van der Waals surface area (Å²) in [6, 6.07) is 0.299. The number of aliphatic hydroxyl groups excluding tert-OH is 1. The average molecular weight is 392 g/mol. The molecule has 11 atom stereocenters. The van der Waals surface area contributed by atoms with E-state index in [1.54, 1.807) is 0 Å². The maximum Gasteiger partial charge on any atom is 0.303 e. The van der Waals surface area contributed by atoms with Gasteiger partial charge in [0.2, 0.25) is 0 Å². The summed E-state index contributed by atoms with van der Waals surface area (Å²) in [6.45, 7) is 4.69. The van der Waals surface area contributed by atoms with Crippen molar-refractivity contribution in [2.75, 3.05) is 0 Å². The summed E-state index contributed by atoms with van der Waals surface area (Å²) in [5.74, 6) is 2.04. The van der Waals surface area contributed by atoms with Crippen molar-refractivity contribution in [3.05, 3.63) is 0 Å². The number of fused-ring (bicyclic) bond motifs is 4. The first-order chi connectivity index (χ1) is 13.3. The number of hydrogen-bond donors (Lipinski definition) is 3. The molecule has 5 fully saturated rings. The molecule has 4 aliphatic carbocycles. The summed E-state index contributed by atoms with van der Waals surface area (Å²) in [4.78, 5) is 11.0. The van der Waals surface area contributed by atoms with Crippen LogP contribution in [-0.2, 0) is 9.53 Å². The van der Waals surface area contributed by atoms with Crippen molar-refractivity contribution in [1.82, 2.24) is 0 Å². The summed E-state index contributed by atoms with van der Waals surface area (Å²) in [6.07, 6.45) is 8.71. The van der Waals surface area contributed by atoms with E-state index < -0.39 is 5.97 Å². The Morgan fingerprint density at radius 3 is 2.75 bits per heavy atom. The zero-order chi connectivity index (χ0) is 19.8. The van der Waals surface area contributed by atoms with Crippen LogP contribution < -0.4 is 5.73 Å². The van der Waals surface area contributed by atoms with Gasteiger partial charge in [-0.05, 0) is 92.3 Å². The van der Waals surface area contributed by atoms with Crippen molar-refractivity contribution in [1.29, 1.82) is 0 Å². The summed E-state index contributed by atoms with van der Waals surface area (Å²) < 4.78 is 6.53. The first kappa shape index (κ1) is 19.3. The Morgan fingerprint density at radius 2 is 2.00 bits per heavy atom. The van der Waals surface area contributed by atoms with E-state index in [9.17, 15) is 9.90 Å². The molecule has 1 heterocycles. The molecule has 1 saturated heterocycles. The lowest BCUT2D eigenvalue weighted by molar-refractivity contribution is -0.139. The number of carboxylic acid groups (broad SMARTS) is 1. The molecule has 28 heavy (non-hydrogen) atoms. The van der Waals surface area contributed by atoms with E-state index in [0.29, 0.717) is 53.1 Å². The SMILES string of the molecule is CC(CCC(=O)O)C1CCC2C3C(O)CC4CC(N)CCC4(C)C3CC3OC312. The number of aliphatic carboxylic acids is 1. The minimum Gasteiger partial charge on any atom is -0.481 e. The highest BCUT2D eigenvalue weighted by Crippen LogP contribution is 2.72.